The van der Waals surface area contributed by atoms with Crippen molar-refractivity contribution in [2.75, 3.05) is 26.7 Å². The first-order valence-corrected chi connectivity index (χ1v) is 8.23. The van der Waals surface area contributed by atoms with Crippen molar-refractivity contribution in [1.29, 1.82) is 0 Å². The fourth-order valence-electron chi connectivity index (χ4n) is 3.00. The van der Waals surface area contributed by atoms with Crippen LogP contribution in [0.2, 0.25) is 0 Å². The minimum Gasteiger partial charge on any atom is -0.316 e. The Kier molecular flexibility index (Phi) is 7.91. The third kappa shape index (κ3) is 7.58. The molecule has 0 spiro atoms. The smallest absolute Gasteiger partial charge is 0.0271 e. The van der Waals surface area contributed by atoms with E-state index in [9.17, 15) is 0 Å². The Bertz CT molecular complexity index is 377. The topological polar surface area (TPSA) is 28.2 Å². The molecule has 1 aromatic heterocycles. The van der Waals surface area contributed by atoms with Crippen molar-refractivity contribution in [2.45, 2.75) is 47.1 Å². The summed E-state index contributed by atoms with van der Waals surface area (Å²) in [5, 5.41) is 3.64. The molecule has 0 aliphatic carbocycles. The minimum atomic E-state index is 0.339. The summed E-state index contributed by atoms with van der Waals surface area (Å²) in [5.74, 6) is 0.713. The average molecular weight is 291 g/mol. The molecule has 3 heteroatoms. The summed E-state index contributed by atoms with van der Waals surface area (Å²) in [5.41, 5.74) is 1.67. The summed E-state index contributed by atoms with van der Waals surface area (Å²) < 4.78 is 0. The summed E-state index contributed by atoms with van der Waals surface area (Å²) in [6, 6.07) is 4.20. The van der Waals surface area contributed by atoms with E-state index in [0.29, 0.717) is 11.3 Å². The Labute approximate surface area is 131 Å². The maximum atomic E-state index is 4.09. The van der Waals surface area contributed by atoms with Gasteiger partial charge in [0.2, 0.25) is 0 Å². The van der Waals surface area contributed by atoms with E-state index in [0.717, 1.165) is 26.2 Å². The van der Waals surface area contributed by atoms with Crippen LogP contribution in [0.5, 0.6) is 0 Å². The Balaban J connectivity index is 2.51. The van der Waals surface area contributed by atoms with Crippen LogP contribution < -0.4 is 5.32 Å². The van der Waals surface area contributed by atoms with Gasteiger partial charge < -0.3 is 10.2 Å². The lowest BCUT2D eigenvalue weighted by Gasteiger charge is -2.34. The highest BCUT2D eigenvalue weighted by Gasteiger charge is 2.24. The van der Waals surface area contributed by atoms with Crippen molar-refractivity contribution in [2.24, 2.45) is 11.3 Å². The van der Waals surface area contributed by atoms with Gasteiger partial charge >= 0.3 is 0 Å². The molecular formula is C18H33N3. The van der Waals surface area contributed by atoms with Crippen LogP contribution in [0.25, 0.3) is 0 Å². The second-order valence-corrected chi connectivity index (χ2v) is 7.11. The van der Waals surface area contributed by atoms with Crippen molar-refractivity contribution < 1.29 is 0 Å². The summed E-state index contributed by atoms with van der Waals surface area (Å²) in [6.07, 6.45) is 6.25. The summed E-state index contributed by atoms with van der Waals surface area (Å²) in [7, 11) is 2.22. The van der Waals surface area contributed by atoms with Gasteiger partial charge in [0.15, 0.2) is 0 Å². The lowest BCUT2D eigenvalue weighted by Crippen LogP contribution is -2.41. The highest BCUT2D eigenvalue weighted by molar-refractivity contribution is 5.09. The summed E-state index contributed by atoms with van der Waals surface area (Å²) in [4.78, 5) is 6.52. The molecule has 0 bridgehead atoms. The van der Waals surface area contributed by atoms with Gasteiger partial charge in [0, 0.05) is 32.0 Å². The SMILES string of the molecule is CCCC(C)(CNCC(C)C)CN(C)Cc1ccncc1. The lowest BCUT2D eigenvalue weighted by molar-refractivity contribution is 0.167. The average Bonchev–Trinajstić information content (AvgIpc) is 2.39. The van der Waals surface area contributed by atoms with Gasteiger partial charge in [-0.1, -0.05) is 34.1 Å². The number of pyridine rings is 1. The molecular weight excluding hydrogens is 258 g/mol. The van der Waals surface area contributed by atoms with E-state index in [1.165, 1.54) is 18.4 Å². The molecule has 1 rings (SSSR count). The van der Waals surface area contributed by atoms with E-state index in [1.807, 2.05) is 12.4 Å². The molecule has 0 aliphatic heterocycles. The second-order valence-electron chi connectivity index (χ2n) is 7.11. The molecule has 1 aromatic rings. The molecule has 0 radical (unpaired) electrons. The quantitative estimate of drug-likeness (QED) is 0.714. The summed E-state index contributed by atoms with van der Waals surface area (Å²) >= 11 is 0. The molecule has 0 amide bonds. The van der Waals surface area contributed by atoms with Crippen LogP contribution in [-0.4, -0.2) is 36.6 Å². The Morgan fingerprint density at radius 3 is 2.52 bits per heavy atom. The molecule has 1 unspecified atom stereocenters. The van der Waals surface area contributed by atoms with Crippen LogP contribution >= 0.6 is 0 Å². The monoisotopic (exact) mass is 291 g/mol. The van der Waals surface area contributed by atoms with Crippen molar-refractivity contribution in [3.05, 3.63) is 30.1 Å². The number of nitrogens with one attached hydrogen (secondary N) is 1. The van der Waals surface area contributed by atoms with E-state index < -0.39 is 0 Å². The molecule has 1 N–H and O–H groups in total. The molecule has 0 aromatic carbocycles. The molecule has 0 fully saturated rings. The van der Waals surface area contributed by atoms with E-state index >= 15 is 0 Å². The van der Waals surface area contributed by atoms with E-state index in [4.69, 9.17) is 0 Å². The van der Waals surface area contributed by atoms with Crippen LogP contribution in [0.1, 0.15) is 46.1 Å². The maximum Gasteiger partial charge on any atom is 0.0271 e. The Morgan fingerprint density at radius 2 is 1.95 bits per heavy atom. The Hall–Kier alpha value is -0.930. The van der Waals surface area contributed by atoms with Crippen LogP contribution in [0.15, 0.2) is 24.5 Å². The maximum absolute atomic E-state index is 4.09. The van der Waals surface area contributed by atoms with Crippen LogP contribution in [0, 0.1) is 11.3 Å². The standard InChI is InChI=1S/C18H33N3/c1-6-9-18(4,14-20-12-16(2)3)15-21(5)13-17-7-10-19-11-8-17/h7-8,10-11,16,20H,6,9,12-15H2,1-5H3. The van der Waals surface area contributed by atoms with Crippen molar-refractivity contribution in [3.63, 3.8) is 0 Å². The zero-order chi connectivity index (χ0) is 15.7. The number of hydrogen-bond acceptors (Lipinski definition) is 3. The minimum absolute atomic E-state index is 0.339. The van der Waals surface area contributed by atoms with Crippen molar-refractivity contribution >= 4 is 0 Å². The lowest BCUT2D eigenvalue weighted by atomic mass is 9.84. The first-order chi connectivity index (χ1) is 9.95. The van der Waals surface area contributed by atoms with Gasteiger partial charge in [-0.25, -0.2) is 0 Å². The number of aromatic nitrogens is 1. The van der Waals surface area contributed by atoms with Crippen molar-refractivity contribution in [3.8, 4) is 0 Å². The third-order valence-corrected chi connectivity index (χ3v) is 3.81. The van der Waals surface area contributed by atoms with Crippen molar-refractivity contribution in [1.82, 2.24) is 15.2 Å². The second kappa shape index (κ2) is 9.16. The van der Waals surface area contributed by atoms with E-state index in [-0.39, 0.29) is 0 Å². The van der Waals surface area contributed by atoms with Gasteiger partial charge in [-0.05, 0) is 49.0 Å². The number of rotatable bonds is 10. The van der Waals surface area contributed by atoms with Gasteiger partial charge in [0.25, 0.3) is 0 Å². The molecule has 1 heterocycles. The first-order valence-electron chi connectivity index (χ1n) is 8.23. The third-order valence-electron chi connectivity index (χ3n) is 3.81. The Morgan fingerprint density at radius 1 is 1.29 bits per heavy atom. The molecule has 0 saturated heterocycles. The molecule has 0 aliphatic rings. The van der Waals surface area contributed by atoms with Gasteiger partial charge in [0.1, 0.15) is 0 Å². The van der Waals surface area contributed by atoms with Crippen LogP contribution in [0.4, 0.5) is 0 Å². The molecule has 1 atom stereocenters. The van der Waals surface area contributed by atoms with Gasteiger partial charge in [-0.3, -0.25) is 4.98 Å². The fourth-order valence-corrected chi connectivity index (χ4v) is 3.00. The van der Waals surface area contributed by atoms with E-state index in [2.05, 4.69) is 62.1 Å². The van der Waals surface area contributed by atoms with Gasteiger partial charge in [-0.2, -0.15) is 0 Å². The van der Waals surface area contributed by atoms with Crippen LogP contribution in [-0.2, 0) is 6.54 Å². The normalized spacial score (nSPS) is 14.6. The predicted octanol–water partition coefficient (Wildman–Crippen LogP) is 3.57. The zero-order valence-corrected chi connectivity index (χ0v) is 14.5. The van der Waals surface area contributed by atoms with Crippen LogP contribution in [0.3, 0.4) is 0 Å². The van der Waals surface area contributed by atoms with Gasteiger partial charge in [-0.15, -0.1) is 0 Å². The highest BCUT2D eigenvalue weighted by Crippen LogP contribution is 2.24. The number of hydrogen-bond donors (Lipinski definition) is 1. The van der Waals surface area contributed by atoms with E-state index in [1.54, 1.807) is 0 Å². The largest absolute Gasteiger partial charge is 0.316 e. The highest BCUT2D eigenvalue weighted by atomic mass is 15.1. The summed E-state index contributed by atoms with van der Waals surface area (Å²) in [6.45, 7) is 13.5. The fraction of sp³-hybridized carbons (Fsp3) is 0.722. The molecule has 120 valence electrons. The first kappa shape index (κ1) is 18.1. The number of nitrogens with zero attached hydrogens (tertiary/aromatic N) is 2. The zero-order valence-electron chi connectivity index (χ0n) is 14.5. The predicted molar refractivity (Wildman–Crippen MR) is 91.3 cm³/mol. The molecule has 0 saturated carbocycles. The molecule has 3 nitrogen and oxygen atoms in total. The van der Waals surface area contributed by atoms with Gasteiger partial charge in [0.05, 0.1) is 0 Å². The molecule has 21 heavy (non-hydrogen) atoms.